The van der Waals surface area contributed by atoms with Crippen LogP contribution in [0.5, 0.6) is 0 Å². The fourth-order valence-corrected chi connectivity index (χ4v) is 2.53. The van der Waals surface area contributed by atoms with Crippen LogP contribution in [0.1, 0.15) is 25.1 Å². The number of aromatic nitrogens is 3. The molecule has 3 heterocycles. The van der Waals surface area contributed by atoms with Gasteiger partial charge in [-0.05, 0) is 26.2 Å². The average Bonchev–Trinajstić information content (AvgIpc) is 2.38. The zero-order chi connectivity index (χ0) is 13.4. The molecular weight excluding hydrogens is 244 g/mol. The van der Waals surface area contributed by atoms with Crippen molar-refractivity contribution in [2.24, 2.45) is 0 Å². The smallest absolute Gasteiger partial charge is 0.271 e. The molecule has 6 heteroatoms. The van der Waals surface area contributed by atoms with Gasteiger partial charge in [-0.15, -0.1) is 0 Å². The second-order valence-corrected chi connectivity index (χ2v) is 4.92. The molecule has 1 saturated heterocycles. The quantitative estimate of drug-likeness (QED) is 0.811. The van der Waals surface area contributed by atoms with Crippen LogP contribution in [0.4, 0.5) is 0 Å². The van der Waals surface area contributed by atoms with Gasteiger partial charge < -0.3 is 9.99 Å². The molecule has 2 aromatic rings. The van der Waals surface area contributed by atoms with Crippen molar-refractivity contribution in [2.45, 2.75) is 26.2 Å². The predicted octanol–water partition coefficient (Wildman–Crippen LogP) is 0.515. The van der Waals surface area contributed by atoms with Crippen molar-refractivity contribution >= 4 is 10.9 Å². The molecular formula is C13H16N4O2. The Morgan fingerprint density at radius 3 is 2.68 bits per heavy atom. The van der Waals surface area contributed by atoms with E-state index in [0.717, 1.165) is 25.9 Å². The van der Waals surface area contributed by atoms with Crippen LogP contribution in [0.2, 0.25) is 0 Å². The maximum absolute atomic E-state index is 12.1. The van der Waals surface area contributed by atoms with Crippen LogP contribution in [0.25, 0.3) is 10.9 Å². The Morgan fingerprint density at radius 2 is 1.95 bits per heavy atom. The van der Waals surface area contributed by atoms with Crippen molar-refractivity contribution in [3.63, 3.8) is 0 Å². The molecule has 1 aliphatic heterocycles. The number of fused-ring (bicyclic) bond motifs is 1. The van der Waals surface area contributed by atoms with E-state index < -0.39 is 0 Å². The highest BCUT2D eigenvalue weighted by atomic mass is 16.1. The molecule has 1 N–H and O–H groups in total. The van der Waals surface area contributed by atoms with Crippen LogP contribution in [0, 0.1) is 6.92 Å². The molecule has 0 amide bonds. The van der Waals surface area contributed by atoms with Crippen LogP contribution in [0.3, 0.4) is 0 Å². The van der Waals surface area contributed by atoms with Crippen molar-refractivity contribution in [3.05, 3.63) is 38.8 Å². The van der Waals surface area contributed by atoms with Crippen LogP contribution in [-0.2, 0) is 0 Å². The monoisotopic (exact) mass is 260 g/mol. The lowest BCUT2D eigenvalue weighted by Crippen LogP contribution is -2.45. The highest BCUT2D eigenvalue weighted by Crippen LogP contribution is 2.09. The van der Waals surface area contributed by atoms with E-state index in [4.69, 9.17) is 0 Å². The predicted molar refractivity (Wildman–Crippen MR) is 73.2 cm³/mol. The van der Waals surface area contributed by atoms with Gasteiger partial charge in [0.05, 0.1) is 10.9 Å². The third-order valence-electron chi connectivity index (χ3n) is 3.48. The van der Waals surface area contributed by atoms with Gasteiger partial charge in [0.2, 0.25) is 0 Å². The summed E-state index contributed by atoms with van der Waals surface area (Å²) < 4.78 is 1.55. The second kappa shape index (κ2) is 4.53. The van der Waals surface area contributed by atoms with E-state index in [9.17, 15) is 9.59 Å². The van der Waals surface area contributed by atoms with Crippen molar-refractivity contribution in [2.75, 3.05) is 18.1 Å². The lowest BCUT2D eigenvalue weighted by Gasteiger charge is -2.29. The molecule has 6 nitrogen and oxygen atoms in total. The van der Waals surface area contributed by atoms with Crippen LogP contribution in [0.15, 0.2) is 21.9 Å². The second-order valence-electron chi connectivity index (χ2n) is 4.92. The molecule has 0 spiro atoms. The Morgan fingerprint density at radius 1 is 1.21 bits per heavy atom. The fourth-order valence-electron chi connectivity index (χ4n) is 2.53. The number of pyridine rings is 1. The highest BCUT2D eigenvalue weighted by Gasteiger charge is 2.13. The number of piperidine rings is 1. The van der Waals surface area contributed by atoms with E-state index in [2.05, 4.69) is 9.97 Å². The lowest BCUT2D eigenvalue weighted by atomic mass is 10.2. The van der Waals surface area contributed by atoms with Gasteiger partial charge in [-0.25, -0.2) is 9.66 Å². The Balaban J connectivity index is 2.18. The summed E-state index contributed by atoms with van der Waals surface area (Å²) in [6.07, 6.45) is 4.95. The van der Waals surface area contributed by atoms with Crippen LogP contribution >= 0.6 is 0 Å². The van der Waals surface area contributed by atoms with Crippen molar-refractivity contribution in [3.8, 4) is 0 Å². The molecule has 1 fully saturated rings. The van der Waals surface area contributed by atoms with Gasteiger partial charge in [0.1, 0.15) is 5.82 Å². The molecule has 0 aromatic carbocycles. The Kier molecular flexibility index (Phi) is 2.85. The van der Waals surface area contributed by atoms with E-state index in [1.807, 2.05) is 5.01 Å². The standard InChI is InChI=1S/C13H16N4O2/c1-9-14-11-7-12(18)17(8-10(11)13(19)15-9)16-5-3-2-4-6-16/h7-8H,2-6H2,1H3,(H,14,15,19). The van der Waals surface area contributed by atoms with E-state index in [1.54, 1.807) is 17.8 Å². The highest BCUT2D eigenvalue weighted by molar-refractivity contribution is 5.76. The third-order valence-corrected chi connectivity index (χ3v) is 3.48. The average molecular weight is 260 g/mol. The molecule has 0 radical (unpaired) electrons. The molecule has 100 valence electrons. The summed E-state index contributed by atoms with van der Waals surface area (Å²) >= 11 is 0. The topological polar surface area (TPSA) is 71.0 Å². The van der Waals surface area contributed by atoms with Crippen LogP contribution in [-0.4, -0.2) is 27.7 Å². The molecule has 3 rings (SSSR count). The van der Waals surface area contributed by atoms with Gasteiger partial charge in [-0.2, -0.15) is 0 Å². The number of nitrogens with zero attached hydrogens (tertiary/aromatic N) is 3. The third kappa shape index (κ3) is 2.14. The van der Waals surface area contributed by atoms with Gasteiger partial charge in [-0.1, -0.05) is 0 Å². The molecule has 0 saturated carbocycles. The first-order valence-electron chi connectivity index (χ1n) is 6.54. The van der Waals surface area contributed by atoms with Gasteiger partial charge in [-0.3, -0.25) is 9.59 Å². The SMILES string of the molecule is Cc1nc2cc(=O)n(N3CCCCC3)cc2c(=O)[nH]1. The number of hydrogen-bond acceptors (Lipinski definition) is 4. The summed E-state index contributed by atoms with van der Waals surface area (Å²) in [4.78, 5) is 30.9. The normalized spacial score (nSPS) is 15.9. The summed E-state index contributed by atoms with van der Waals surface area (Å²) in [6, 6.07) is 1.44. The summed E-state index contributed by atoms with van der Waals surface area (Å²) in [7, 11) is 0. The Hall–Kier alpha value is -2.11. The van der Waals surface area contributed by atoms with Gasteiger partial charge in [0.15, 0.2) is 0 Å². The largest absolute Gasteiger partial charge is 0.310 e. The molecule has 0 unspecified atom stereocenters. The van der Waals surface area contributed by atoms with E-state index in [0.29, 0.717) is 16.7 Å². The molecule has 1 aliphatic rings. The number of aromatic amines is 1. The van der Waals surface area contributed by atoms with Gasteiger partial charge in [0, 0.05) is 25.4 Å². The first-order chi connectivity index (χ1) is 9.15. The van der Waals surface area contributed by atoms with Crippen LogP contribution < -0.4 is 16.1 Å². The summed E-state index contributed by atoms with van der Waals surface area (Å²) in [6.45, 7) is 3.40. The minimum absolute atomic E-state index is 0.132. The number of hydrogen-bond donors (Lipinski definition) is 1. The number of nitrogens with one attached hydrogen (secondary N) is 1. The zero-order valence-corrected chi connectivity index (χ0v) is 10.8. The zero-order valence-electron chi connectivity index (χ0n) is 10.8. The van der Waals surface area contributed by atoms with Gasteiger partial charge >= 0.3 is 0 Å². The molecule has 0 bridgehead atoms. The van der Waals surface area contributed by atoms with E-state index in [1.165, 1.54) is 12.5 Å². The van der Waals surface area contributed by atoms with Crippen molar-refractivity contribution < 1.29 is 0 Å². The number of rotatable bonds is 1. The first kappa shape index (κ1) is 12.0. The van der Waals surface area contributed by atoms with E-state index >= 15 is 0 Å². The number of aryl methyl sites for hydroxylation is 1. The summed E-state index contributed by atoms with van der Waals surface area (Å²) in [5.41, 5.74) is 0.125. The Bertz CT molecular complexity index is 725. The summed E-state index contributed by atoms with van der Waals surface area (Å²) in [5, 5.41) is 2.45. The molecule has 19 heavy (non-hydrogen) atoms. The Labute approximate surface area is 109 Å². The fraction of sp³-hybridized carbons (Fsp3) is 0.462. The number of H-pyrrole nitrogens is 1. The maximum atomic E-state index is 12.1. The minimum atomic E-state index is -0.201. The van der Waals surface area contributed by atoms with Crippen molar-refractivity contribution in [1.29, 1.82) is 0 Å². The molecule has 0 aliphatic carbocycles. The molecule has 2 aromatic heterocycles. The lowest BCUT2D eigenvalue weighted by molar-refractivity contribution is 0.471. The van der Waals surface area contributed by atoms with Gasteiger partial charge in [0.25, 0.3) is 11.1 Å². The van der Waals surface area contributed by atoms with E-state index in [-0.39, 0.29) is 11.1 Å². The van der Waals surface area contributed by atoms with Crippen molar-refractivity contribution in [1.82, 2.24) is 14.6 Å². The molecule has 0 atom stereocenters. The maximum Gasteiger partial charge on any atom is 0.271 e. The minimum Gasteiger partial charge on any atom is -0.310 e. The summed E-state index contributed by atoms with van der Waals surface area (Å²) in [5.74, 6) is 0.521. The first-order valence-corrected chi connectivity index (χ1v) is 6.54.